The Morgan fingerprint density at radius 1 is 0.477 bits per heavy atom. The number of aromatic nitrogens is 6. The molecule has 572 valence electrons. The molecule has 0 unspecified atom stereocenters. The molecule has 0 radical (unpaired) electrons. The molecule has 3 aliphatic heterocycles. The number of aryl methyl sites for hydroxylation is 3. The van der Waals surface area contributed by atoms with Gasteiger partial charge in [-0.1, -0.05) is 54.6 Å². The van der Waals surface area contributed by atoms with Crippen LogP contribution in [0.2, 0.25) is 0 Å². The number of rotatable bonds is 20. The molecular formula is C82H80F4N14O11. The number of carbonyl (C=O) groups is 5. The molecule has 0 spiro atoms. The van der Waals surface area contributed by atoms with Gasteiger partial charge >= 0.3 is 11.8 Å². The number of hydrogen-bond acceptors (Lipinski definition) is 17. The van der Waals surface area contributed by atoms with Gasteiger partial charge in [-0.15, -0.1) is 0 Å². The van der Waals surface area contributed by atoms with Crippen LogP contribution in [-0.4, -0.2) is 162 Å². The maximum absolute atomic E-state index is 14.7. The molecule has 9 aromatic rings. The monoisotopic (exact) mass is 1510 g/mol. The number of amides is 5. The SMILES string of the molecule is Cn1cc([C@@H]2C[C@H]2C(=O)Nc2cccc(-c3ccc(OC4CCOCC4)c(C#N)c3)c2)cn1.Cn1cc([C@@H]2C[C@H]2C(=O)Nc2cccc(-c3ccc(O[C@H]4CCN(C(=O)CO)CC4(F)F)c(C#N)c3)c2)cn1.Cn1cc([C@H]2C[C@@H]2C(=O)Nc2cccc(-c3ccc(O[C@H]4CCN(C(=O)CO)CC4(F)F)c(C#N)c3)c2)cn1. The Morgan fingerprint density at radius 2 is 0.802 bits per heavy atom. The zero-order chi connectivity index (χ0) is 78.3. The number of aliphatic hydroxyl groups is 2. The van der Waals surface area contributed by atoms with E-state index in [1.807, 2.05) is 113 Å². The Morgan fingerprint density at radius 3 is 1.10 bits per heavy atom. The summed E-state index contributed by atoms with van der Waals surface area (Å²) in [7, 11) is 5.56. The van der Waals surface area contributed by atoms with Crippen molar-refractivity contribution in [2.75, 3.05) is 68.6 Å². The van der Waals surface area contributed by atoms with Crippen LogP contribution in [-0.2, 0) is 49.9 Å². The Bertz CT molecular complexity index is 4880. The fraction of sp³-hybridized carbons (Fsp3) is 0.354. The van der Waals surface area contributed by atoms with Gasteiger partial charge in [0.1, 0.15) is 54.8 Å². The molecule has 111 heavy (non-hydrogen) atoms. The molecule has 5 N–H and O–H groups in total. The first kappa shape index (κ1) is 76.9. The highest BCUT2D eigenvalue weighted by molar-refractivity contribution is 5.97. The molecule has 8 atom stereocenters. The van der Waals surface area contributed by atoms with E-state index in [4.69, 9.17) is 29.2 Å². The lowest BCUT2D eigenvalue weighted by Crippen LogP contribution is -2.55. The number of ether oxygens (including phenoxy) is 4. The quantitative estimate of drug-likeness (QED) is 0.0443. The largest absolute Gasteiger partial charge is 0.489 e. The van der Waals surface area contributed by atoms with Crippen LogP contribution in [0.25, 0.3) is 33.4 Å². The first-order valence-electron chi connectivity index (χ1n) is 36.4. The molecule has 6 heterocycles. The molecule has 5 amide bonds. The van der Waals surface area contributed by atoms with Gasteiger partial charge in [0.2, 0.25) is 29.5 Å². The number of likely N-dealkylation sites (tertiary alicyclic amines) is 2. The van der Waals surface area contributed by atoms with E-state index in [9.17, 15) is 57.3 Å². The molecule has 0 bridgehead atoms. The minimum atomic E-state index is -3.35. The lowest BCUT2D eigenvalue weighted by Gasteiger charge is -2.38. The summed E-state index contributed by atoms with van der Waals surface area (Å²) in [6.45, 7) is -1.99. The molecule has 29 heteroatoms. The van der Waals surface area contributed by atoms with E-state index in [2.05, 4.69) is 37.3 Å². The van der Waals surface area contributed by atoms with Crippen LogP contribution in [0.15, 0.2) is 165 Å². The van der Waals surface area contributed by atoms with E-state index in [0.717, 1.165) is 86.5 Å². The van der Waals surface area contributed by atoms with E-state index in [1.54, 1.807) is 87.1 Å². The van der Waals surface area contributed by atoms with Crippen LogP contribution in [0, 0.1) is 51.7 Å². The molecule has 3 saturated heterocycles. The van der Waals surface area contributed by atoms with Crippen molar-refractivity contribution in [2.45, 2.75) is 92.9 Å². The number of halogens is 4. The molecule has 25 nitrogen and oxygen atoms in total. The van der Waals surface area contributed by atoms with Gasteiger partial charge < -0.3 is 54.9 Å². The summed E-state index contributed by atoms with van der Waals surface area (Å²) in [5, 5.41) is 68.5. The third-order valence-electron chi connectivity index (χ3n) is 20.6. The minimum Gasteiger partial charge on any atom is -0.489 e. The number of anilines is 3. The van der Waals surface area contributed by atoms with Gasteiger partial charge in [0, 0.05) is 113 Å². The maximum Gasteiger partial charge on any atom is 0.301 e. The summed E-state index contributed by atoms with van der Waals surface area (Å²) >= 11 is 0. The van der Waals surface area contributed by atoms with Gasteiger partial charge in [-0.25, -0.2) is 17.6 Å². The average molecular weight is 1510 g/mol. The highest BCUT2D eigenvalue weighted by atomic mass is 19.3. The first-order valence-corrected chi connectivity index (χ1v) is 36.4. The topological polar surface area (TPSA) is 330 Å². The Balaban J connectivity index is 0.000000147. The van der Waals surface area contributed by atoms with Crippen molar-refractivity contribution in [2.24, 2.45) is 38.9 Å². The number of nitriles is 3. The Labute approximate surface area is 636 Å². The number of alkyl halides is 4. The molecule has 6 aromatic carbocycles. The van der Waals surface area contributed by atoms with Gasteiger partial charge in [-0.3, -0.25) is 38.0 Å². The first-order chi connectivity index (χ1) is 53.5. The molecular weight excluding hydrogens is 1430 g/mol. The molecule has 3 saturated carbocycles. The second-order valence-corrected chi connectivity index (χ2v) is 28.6. The van der Waals surface area contributed by atoms with Gasteiger partial charge in [0.15, 0.2) is 12.2 Å². The number of carbonyl (C=O) groups excluding carboxylic acids is 5. The molecule has 3 aliphatic carbocycles. The van der Waals surface area contributed by atoms with Crippen molar-refractivity contribution >= 4 is 46.6 Å². The summed E-state index contributed by atoms with van der Waals surface area (Å²) in [4.78, 5) is 63.3. The number of hydrogen-bond donors (Lipinski definition) is 5. The molecule has 6 fully saturated rings. The summed E-state index contributed by atoms with van der Waals surface area (Å²) in [5.74, 6) is -7.41. The van der Waals surface area contributed by atoms with Crippen LogP contribution >= 0.6 is 0 Å². The highest BCUT2D eigenvalue weighted by Crippen LogP contribution is 2.50. The second kappa shape index (κ2) is 33.3. The molecule has 6 aliphatic rings. The summed E-state index contributed by atoms with van der Waals surface area (Å²) < 4.78 is 86.5. The van der Waals surface area contributed by atoms with Crippen molar-refractivity contribution < 1.29 is 70.7 Å². The van der Waals surface area contributed by atoms with Gasteiger partial charge in [-0.2, -0.15) is 31.1 Å². The standard InChI is InChI=1S/2C28H27F2N5O4.C26H26N4O3/c2*1-34-14-20(13-32-34)22-11-23(22)27(38)33-21-4-2-3-17(10-21)18-5-6-24(19(9-18)12-31)39-25-7-8-35(26(37)15-36)16-28(25,29)30;1-30-16-20(15-28-30)23-13-24(23)26(31)29-21-4-2-3-17(12-21)18-5-6-25(19(11-18)14-27)33-22-7-9-32-10-8-22/h2*2-6,9-10,13-14,22-23,25,36H,7-8,11,15-16H2,1H3,(H,33,38);2-6,11-12,15-16,22-24H,7-10,13H2,1H3,(H,29,31)/t22-,23+,25+;22-,23+,25-;23-,24+/m100/s1. The summed E-state index contributed by atoms with van der Waals surface area (Å²) in [6, 6.07) is 43.4. The number of nitrogens with zero attached hydrogens (tertiary/aromatic N) is 11. The van der Waals surface area contributed by atoms with Crippen molar-refractivity contribution in [1.29, 1.82) is 15.8 Å². The van der Waals surface area contributed by atoms with E-state index >= 15 is 0 Å². The number of benzene rings is 6. The number of aliphatic hydroxyl groups excluding tert-OH is 2. The normalized spacial score (nSPS) is 21.2. The Hall–Kier alpha value is -12.2. The highest BCUT2D eigenvalue weighted by Gasteiger charge is 2.50. The zero-order valence-corrected chi connectivity index (χ0v) is 60.9. The third kappa shape index (κ3) is 18.6. The van der Waals surface area contributed by atoms with Crippen molar-refractivity contribution in [1.82, 2.24) is 39.1 Å². The predicted molar refractivity (Wildman–Crippen MR) is 398 cm³/mol. The van der Waals surface area contributed by atoms with Crippen molar-refractivity contribution in [3.63, 3.8) is 0 Å². The summed E-state index contributed by atoms with van der Waals surface area (Å²) in [6.07, 6.45) is 12.0. The van der Waals surface area contributed by atoms with Crippen LogP contribution in [0.1, 0.15) is 96.1 Å². The fourth-order valence-electron chi connectivity index (χ4n) is 14.2. The van der Waals surface area contributed by atoms with E-state index < -0.39 is 62.2 Å². The molecule has 15 rings (SSSR count). The van der Waals surface area contributed by atoms with E-state index in [0.29, 0.717) is 47.0 Å². The van der Waals surface area contributed by atoms with Gasteiger partial charge in [0.25, 0.3) is 0 Å². The fourth-order valence-corrected chi connectivity index (χ4v) is 14.2. The maximum atomic E-state index is 14.7. The lowest BCUT2D eigenvalue weighted by atomic mass is 10.0. The van der Waals surface area contributed by atoms with Gasteiger partial charge in [0.05, 0.1) is 61.6 Å². The minimum absolute atomic E-state index is 0.0158. The predicted octanol–water partition coefficient (Wildman–Crippen LogP) is 10.9. The van der Waals surface area contributed by atoms with Crippen molar-refractivity contribution in [3.05, 3.63) is 198 Å². The van der Waals surface area contributed by atoms with Crippen LogP contribution in [0.5, 0.6) is 17.2 Å². The van der Waals surface area contributed by atoms with Crippen LogP contribution < -0.4 is 30.2 Å². The lowest BCUT2D eigenvalue weighted by molar-refractivity contribution is -0.162. The second-order valence-electron chi connectivity index (χ2n) is 28.6. The third-order valence-corrected chi connectivity index (χ3v) is 20.6. The average Bonchev–Trinajstić information content (AvgIpc) is 1.66. The Kier molecular flexibility index (Phi) is 23.1. The zero-order valence-electron chi connectivity index (χ0n) is 60.9. The number of nitrogens with one attached hydrogen (secondary N) is 3. The number of piperidine rings is 2. The van der Waals surface area contributed by atoms with Crippen LogP contribution in [0.4, 0.5) is 34.6 Å². The smallest absolute Gasteiger partial charge is 0.301 e. The molecule has 3 aromatic heterocycles. The van der Waals surface area contributed by atoms with Gasteiger partial charge in [-0.05, 0) is 160 Å². The van der Waals surface area contributed by atoms with Crippen molar-refractivity contribution in [3.8, 4) is 68.8 Å². The summed E-state index contributed by atoms with van der Waals surface area (Å²) in [5.41, 5.74) is 10.5. The van der Waals surface area contributed by atoms with E-state index in [1.165, 1.54) is 12.1 Å². The van der Waals surface area contributed by atoms with Crippen LogP contribution in [0.3, 0.4) is 0 Å². The van der Waals surface area contributed by atoms with E-state index in [-0.39, 0.29) is 108 Å².